The summed E-state index contributed by atoms with van der Waals surface area (Å²) in [6.45, 7) is 4.05. The molecule has 1 rings (SSSR count). The fourth-order valence-corrected chi connectivity index (χ4v) is 1.87. The van der Waals surface area contributed by atoms with Gasteiger partial charge in [0, 0.05) is 4.47 Å². The lowest BCUT2D eigenvalue weighted by Gasteiger charge is -2.11. The van der Waals surface area contributed by atoms with E-state index in [-0.39, 0.29) is 5.78 Å². The van der Waals surface area contributed by atoms with Gasteiger partial charge >= 0.3 is 0 Å². The summed E-state index contributed by atoms with van der Waals surface area (Å²) in [6, 6.07) is 5.39. The van der Waals surface area contributed by atoms with Crippen LogP contribution in [0.5, 0.6) is 5.75 Å². The van der Waals surface area contributed by atoms with E-state index in [9.17, 15) is 4.79 Å². The van der Waals surface area contributed by atoms with Crippen LogP contribution < -0.4 is 4.74 Å². The van der Waals surface area contributed by atoms with Crippen LogP contribution in [0, 0.1) is 0 Å². The first-order valence-corrected chi connectivity index (χ1v) is 5.90. The number of hydrogen-bond acceptors (Lipinski definition) is 2. The fourth-order valence-electron chi connectivity index (χ4n) is 1.22. The Morgan fingerprint density at radius 1 is 1.60 bits per heavy atom. The average Bonchev–Trinajstić information content (AvgIpc) is 2.17. The minimum absolute atomic E-state index is 0.132. The maximum Gasteiger partial charge on any atom is 0.185 e. The Balaban J connectivity index is 3.18. The Bertz CT molecular complexity index is 364. The lowest BCUT2D eigenvalue weighted by atomic mass is 10.1. The van der Waals surface area contributed by atoms with Gasteiger partial charge in [-0.05, 0) is 41.9 Å². The van der Waals surface area contributed by atoms with Gasteiger partial charge in [-0.15, -0.1) is 11.6 Å². The van der Waals surface area contributed by atoms with Crippen LogP contribution in [0.2, 0.25) is 0 Å². The second-order valence-corrected chi connectivity index (χ2v) is 4.54. The molecule has 1 unspecified atom stereocenters. The number of halogens is 2. The highest BCUT2D eigenvalue weighted by Crippen LogP contribution is 2.29. The standard InChI is InChI=1S/C11H12BrClO2/c1-3-15-9-6-4-5-8(12)10(9)11(14)7(2)13/h4-7H,3H2,1-2H3. The van der Waals surface area contributed by atoms with Gasteiger partial charge in [0.25, 0.3) is 0 Å². The minimum Gasteiger partial charge on any atom is -0.493 e. The van der Waals surface area contributed by atoms with Gasteiger partial charge in [0.1, 0.15) is 5.75 Å². The molecule has 0 radical (unpaired) electrons. The van der Waals surface area contributed by atoms with E-state index in [0.717, 1.165) is 0 Å². The largest absolute Gasteiger partial charge is 0.493 e. The summed E-state index contributed by atoms with van der Waals surface area (Å²) >= 11 is 9.11. The lowest BCUT2D eigenvalue weighted by Crippen LogP contribution is -2.13. The van der Waals surface area contributed by atoms with Crippen molar-refractivity contribution in [2.24, 2.45) is 0 Å². The molecule has 0 saturated carbocycles. The summed E-state index contributed by atoms with van der Waals surface area (Å²) in [5.41, 5.74) is 0.516. The first-order chi connectivity index (χ1) is 7.07. The van der Waals surface area contributed by atoms with Crippen LogP contribution in [0.4, 0.5) is 0 Å². The molecular weight excluding hydrogens is 279 g/mol. The van der Waals surface area contributed by atoms with Crippen molar-refractivity contribution < 1.29 is 9.53 Å². The average molecular weight is 292 g/mol. The molecule has 0 N–H and O–H groups in total. The number of ether oxygens (including phenoxy) is 1. The van der Waals surface area contributed by atoms with Crippen LogP contribution in [0.15, 0.2) is 22.7 Å². The van der Waals surface area contributed by atoms with Crippen LogP contribution in [0.25, 0.3) is 0 Å². The predicted molar refractivity (Wildman–Crippen MR) is 65.0 cm³/mol. The summed E-state index contributed by atoms with van der Waals surface area (Å²) in [5.74, 6) is 0.442. The van der Waals surface area contributed by atoms with Gasteiger partial charge < -0.3 is 4.74 Å². The van der Waals surface area contributed by atoms with E-state index >= 15 is 0 Å². The van der Waals surface area contributed by atoms with Crippen LogP contribution in [0.3, 0.4) is 0 Å². The number of alkyl halides is 1. The molecule has 0 aliphatic heterocycles. The third kappa shape index (κ3) is 2.95. The molecule has 2 nitrogen and oxygen atoms in total. The van der Waals surface area contributed by atoms with Crippen molar-refractivity contribution in [3.05, 3.63) is 28.2 Å². The highest BCUT2D eigenvalue weighted by atomic mass is 79.9. The zero-order chi connectivity index (χ0) is 11.4. The van der Waals surface area contributed by atoms with E-state index in [0.29, 0.717) is 22.4 Å². The van der Waals surface area contributed by atoms with Crippen molar-refractivity contribution in [2.45, 2.75) is 19.2 Å². The Hall–Kier alpha value is -0.540. The Morgan fingerprint density at radius 2 is 2.27 bits per heavy atom. The van der Waals surface area contributed by atoms with E-state index in [2.05, 4.69) is 15.9 Å². The Morgan fingerprint density at radius 3 is 2.80 bits per heavy atom. The van der Waals surface area contributed by atoms with E-state index in [1.807, 2.05) is 13.0 Å². The second kappa shape index (κ2) is 5.52. The topological polar surface area (TPSA) is 26.3 Å². The molecule has 82 valence electrons. The zero-order valence-corrected chi connectivity index (χ0v) is 10.9. The molecule has 0 aromatic heterocycles. The summed E-state index contributed by atoms with van der Waals surface area (Å²) in [6.07, 6.45) is 0. The highest BCUT2D eigenvalue weighted by molar-refractivity contribution is 9.10. The van der Waals surface area contributed by atoms with Gasteiger partial charge in [-0.2, -0.15) is 0 Å². The molecule has 1 atom stereocenters. The molecular formula is C11H12BrClO2. The van der Waals surface area contributed by atoms with Crippen LogP contribution in [-0.2, 0) is 0 Å². The quantitative estimate of drug-likeness (QED) is 0.625. The van der Waals surface area contributed by atoms with E-state index in [4.69, 9.17) is 16.3 Å². The number of carbonyl (C=O) groups is 1. The summed E-state index contributed by atoms with van der Waals surface area (Å²) in [7, 11) is 0. The number of hydrogen-bond donors (Lipinski definition) is 0. The molecule has 0 saturated heterocycles. The normalized spacial score (nSPS) is 12.3. The van der Waals surface area contributed by atoms with Crippen LogP contribution in [-0.4, -0.2) is 17.8 Å². The first-order valence-electron chi connectivity index (χ1n) is 4.67. The summed E-state index contributed by atoms with van der Waals surface area (Å²) in [5, 5.41) is -0.553. The van der Waals surface area contributed by atoms with Gasteiger partial charge in [-0.3, -0.25) is 4.79 Å². The molecule has 1 aromatic carbocycles. The van der Waals surface area contributed by atoms with E-state index in [1.54, 1.807) is 19.1 Å². The van der Waals surface area contributed by atoms with Crippen molar-refractivity contribution >= 4 is 33.3 Å². The molecule has 4 heteroatoms. The van der Waals surface area contributed by atoms with Crippen molar-refractivity contribution in [2.75, 3.05) is 6.61 Å². The van der Waals surface area contributed by atoms with Crippen molar-refractivity contribution in [3.63, 3.8) is 0 Å². The summed E-state index contributed by atoms with van der Waals surface area (Å²) < 4.78 is 6.09. The number of rotatable bonds is 4. The molecule has 0 aliphatic rings. The maximum atomic E-state index is 11.8. The van der Waals surface area contributed by atoms with Crippen molar-refractivity contribution in [1.82, 2.24) is 0 Å². The molecule has 0 spiro atoms. The Labute approximate surface area is 103 Å². The Kier molecular flexibility index (Phi) is 4.61. The van der Waals surface area contributed by atoms with Crippen LogP contribution >= 0.6 is 27.5 Å². The minimum atomic E-state index is -0.553. The highest BCUT2D eigenvalue weighted by Gasteiger charge is 2.20. The predicted octanol–water partition coefficient (Wildman–Crippen LogP) is 3.66. The van der Waals surface area contributed by atoms with Gasteiger partial charge in [0.2, 0.25) is 0 Å². The van der Waals surface area contributed by atoms with Gasteiger partial charge in [-0.1, -0.05) is 6.07 Å². The third-order valence-electron chi connectivity index (χ3n) is 1.88. The second-order valence-electron chi connectivity index (χ2n) is 3.03. The van der Waals surface area contributed by atoms with Gasteiger partial charge in [-0.25, -0.2) is 0 Å². The summed E-state index contributed by atoms with van der Waals surface area (Å²) in [4.78, 5) is 11.8. The lowest BCUT2D eigenvalue weighted by molar-refractivity contribution is 0.0987. The third-order valence-corrected chi connectivity index (χ3v) is 2.74. The van der Waals surface area contributed by atoms with Crippen molar-refractivity contribution in [1.29, 1.82) is 0 Å². The molecule has 0 heterocycles. The smallest absolute Gasteiger partial charge is 0.185 e. The molecule has 15 heavy (non-hydrogen) atoms. The van der Waals surface area contributed by atoms with Crippen LogP contribution in [0.1, 0.15) is 24.2 Å². The van der Waals surface area contributed by atoms with E-state index in [1.165, 1.54) is 0 Å². The van der Waals surface area contributed by atoms with Gasteiger partial charge in [0.05, 0.1) is 17.5 Å². The molecule has 0 amide bonds. The van der Waals surface area contributed by atoms with Gasteiger partial charge in [0.15, 0.2) is 5.78 Å². The maximum absolute atomic E-state index is 11.8. The monoisotopic (exact) mass is 290 g/mol. The number of carbonyl (C=O) groups excluding carboxylic acids is 1. The van der Waals surface area contributed by atoms with E-state index < -0.39 is 5.38 Å². The number of benzene rings is 1. The zero-order valence-electron chi connectivity index (χ0n) is 8.59. The fraction of sp³-hybridized carbons (Fsp3) is 0.364. The molecule has 1 aromatic rings. The number of ketones is 1. The molecule has 0 aliphatic carbocycles. The number of Topliss-reactive ketones (excluding diaryl/α,β-unsaturated/α-hetero) is 1. The first kappa shape index (κ1) is 12.5. The molecule has 0 bridgehead atoms. The SMILES string of the molecule is CCOc1cccc(Br)c1C(=O)C(C)Cl. The van der Waals surface area contributed by atoms with Crippen molar-refractivity contribution in [3.8, 4) is 5.75 Å². The molecule has 0 fully saturated rings.